The van der Waals surface area contributed by atoms with Crippen LogP contribution in [0.1, 0.15) is 30.7 Å². The van der Waals surface area contributed by atoms with E-state index in [1.54, 1.807) is 4.68 Å². The zero-order chi connectivity index (χ0) is 24.7. The highest BCUT2D eigenvalue weighted by atomic mass is 123. The summed E-state index contributed by atoms with van der Waals surface area (Å²) in [5.41, 5.74) is 2.46. The van der Waals surface area contributed by atoms with E-state index in [-0.39, 0.29) is 37.7 Å². The topological polar surface area (TPSA) is 110 Å². The van der Waals surface area contributed by atoms with Crippen LogP contribution in [0.3, 0.4) is 0 Å². The smallest absolute Gasteiger partial charge is 0.125 e. The van der Waals surface area contributed by atoms with Gasteiger partial charge in [0.15, 0.2) is 0 Å². The third-order valence-electron chi connectivity index (χ3n) is 5.49. The third-order valence-corrected chi connectivity index (χ3v) is 7.02. The number of halogens is 2. The van der Waals surface area contributed by atoms with Crippen LogP contribution in [-0.4, -0.2) is 61.6 Å². The van der Waals surface area contributed by atoms with E-state index in [1.165, 1.54) is 0 Å². The highest BCUT2D eigenvalue weighted by Gasteiger charge is 2.23. The summed E-state index contributed by atoms with van der Waals surface area (Å²) >= 11 is 7.64. The van der Waals surface area contributed by atoms with E-state index in [4.69, 9.17) is 21.1 Å². The molecule has 0 fully saturated rings. The molecule has 3 N–H and O–H groups in total. The Morgan fingerprint density at radius 3 is 1.88 bits per heavy atom. The summed E-state index contributed by atoms with van der Waals surface area (Å²) < 4.78 is 13.5. The minimum atomic E-state index is -0.774. The van der Waals surface area contributed by atoms with E-state index in [2.05, 4.69) is 24.2 Å². The van der Waals surface area contributed by atoms with Crippen molar-refractivity contribution in [3.8, 4) is 11.5 Å². The van der Waals surface area contributed by atoms with Crippen LogP contribution in [0.5, 0.6) is 11.5 Å². The first-order valence-corrected chi connectivity index (χ1v) is 12.4. The molecule has 0 amide bonds. The van der Waals surface area contributed by atoms with Crippen molar-refractivity contribution in [2.75, 3.05) is 19.1 Å². The van der Waals surface area contributed by atoms with Gasteiger partial charge in [0.05, 0.1) is 19.0 Å². The number of aliphatic hydroxyl groups is 3. The molecule has 0 bridgehead atoms. The average molecular weight is 598 g/mol. The lowest BCUT2D eigenvalue weighted by Gasteiger charge is -2.26. The Morgan fingerprint density at radius 2 is 1.44 bits per heavy atom. The maximum atomic E-state index is 10.3. The fourth-order valence-corrected chi connectivity index (χ4v) is 4.00. The molecule has 2 atom stereocenters. The molecule has 10 heteroatoms. The van der Waals surface area contributed by atoms with Crippen molar-refractivity contribution in [2.45, 2.75) is 44.6 Å². The summed E-state index contributed by atoms with van der Waals surface area (Å²) in [6.07, 6.45) is -1.46. The molecule has 184 valence electrons. The molecule has 1 heterocycles. The molecule has 8 nitrogen and oxygen atoms in total. The predicted octanol–water partition coefficient (Wildman–Crippen LogP) is 3.12. The number of rotatable bonds is 12. The molecule has 3 aromatic rings. The molecule has 0 aliphatic carbocycles. The second-order valence-corrected chi connectivity index (χ2v) is 9.76. The number of hydrogen-bond acceptors (Lipinski definition) is 7. The molecule has 0 aliphatic rings. The molecule has 1 aromatic heterocycles. The van der Waals surface area contributed by atoms with E-state index in [9.17, 15) is 15.3 Å². The molecule has 2 aromatic carbocycles. The van der Waals surface area contributed by atoms with Gasteiger partial charge in [-0.3, -0.25) is 0 Å². The summed E-state index contributed by atoms with van der Waals surface area (Å²) in [4.78, 5) is 0. The minimum Gasteiger partial charge on any atom is -0.491 e. The minimum absolute atomic E-state index is 0.104. The first-order valence-electron chi connectivity index (χ1n) is 10.8. The van der Waals surface area contributed by atoms with E-state index in [0.717, 1.165) is 11.1 Å². The van der Waals surface area contributed by atoms with Gasteiger partial charge in [0, 0.05) is 5.41 Å². The quantitative estimate of drug-likeness (QED) is 0.217. The zero-order valence-electron chi connectivity index (χ0n) is 19.1. The lowest BCUT2D eigenvalue weighted by molar-refractivity contribution is 0.0881. The molecular formula is C24H29ClIN3O5. The Hall–Kier alpha value is -1.92. The van der Waals surface area contributed by atoms with Crippen molar-refractivity contribution in [3.63, 3.8) is 0 Å². The molecule has 0 spiro atoms. The van der Waals surface area contributed by atoms with Crippen molar-refractivity contribution in [3.05, 3.63) is 69.1 Å². The van der Waals surface area contributed by atoms with Gasteiger partial charge in [-0.2, -0.15) is 0 Å². The fourth-order valence-electron chi connectivity index (χ4n) is 3.34. The number of alkyl halides is 1. The highest BCUT2D eigenvalue weighted by molar-refractivity contribution is 14.1. The summed E-state index contributed by atoms with van der Waals surface area (Å²) in [6.45, 7) is 4.57. The van der Waals surface area contributed by atoms with Gasteiger partial charge in [0.2, 0.25) is 0 Å². The molecule has 0 radical (unpaired) electrons. The predicted molar refractivity (Wildman–Crippen MR) is 137 cm³/mol. The number of ether oxygens (including phenoxy) is 2. The number of nitrogens with zero attached hydrogens (tertiary/aromatic N) is 3. The maximum absolute atomic E-state index is 10.3. The summed E-state index contributed by atoms with van der Waals surface area (Å²) in [5.74, 6) is 1.47. The van der Waals surface area contributed by atoms with E-state index < -0.39 is 12.2 Å². The Kier molecular flexibility index (Phi) is 9.55. The molecule has 3 rings (SSSR count). The number of hydrogen-bond donors (Lipinski definition) is 3. The molecule has 0 unspecified atom stereocenters. The van der Waals surface area contributed by atoms with Crippen molar-refractivity contribution >= 4 is 34.2 Å². The van der Waals surface area contributed by atoms with E-state index >= 15 is 0 Å². The summed E-state index contributed by atoms with van der Waals surface area (Å²) in [7, 11) is 0. The molecule has 0 saturated carbocycles. The van der Waals surface area contributed by atoms with Gasteiger partial charge in [0.25, 0.3) is 0 Å². The largest absolute Gasteiger partial charge is 0.491 e. The van der Waals surface area contributed by atoms with Crippen molar-refractivity contribution in [1.29, 1.82) is 0 Å². The van der Waals surface area contributed by atoms with Gasteiger partial charge < -0.3 is 24.8 Å². The van der Waals surface area contributed by atoms with Crippen LogP contribution in [0.25, 0.3) is 0 Å². The number of aliphatic hydroxyl groups excluding tert-OH is 3. The van der Waals surface area contributed by atoms with Gasteiger partial charge in [-0.1, -0.05) is 43.3 Å². The zero-order valence-corrected chi connectivity index (χ0v) is 22.0. The first-order chi connectivity index (χ1) is 16.2. The standard InChI is InChI=1S/C24H29ClIN3O5/c1-24(2,16-3-7-20(8-4-16)33-14-18(31)11-25)17-5-9-21(10-6-17)34-15-19(32)12-29-23(26)22(13-30)27-28-29/h3-10,18-19,30-32H,11-15H2,1-2H3/t18-,19-/m1/s1/i26-4. The molecule has 34 heavy (non-hydrogen) atoms. The second kappa shape index (κ2) is 12.2. The Labute approximate surface area is 217 Å². The first kappa shape index (κ1) is 26.7. The SMILES string of the molecule is CC(C)(c1ccc(OC[C@H](O)CCl)cc1)c1ccc(OC[C@H](O)Cn2nnc(CO)c2[123I])cc1. The summed E-state index contributed by atoms with van der Waals surface area (Å²) in [6, 6.07) is 15.6. The monoisotopic (exact) mass is 597 g/mol. The molecule has 0 saturated heterocycles. The maximum Gasteiger partial charge on any atom is 0.125 e. The van der Waals surface area contributed by atoms with Gasteiger partial charge in [0.1, 0.15) is 46.3 Å². The van der Waals surface area contributed by atoms with E-state index in [1.807, 2.05) is 71.1 Å². The Morgan fingerprint density at radius 1 is 0.941 bits per heavy atom. The molecular weight excluding hydrogens is 569 g/mol. The van der Waals surface area contributed by atoms with Gasteiger partial charge in [-0.15, -0.1) is 16.7 Å². The van der Waals surface area contributed by atoms with Crippen LogP contribution < -0.4 is 9.47 Å². The normalized spacial score (nSPS) is 13.5. The van der Waals surface area contributed by atoms with Gasteiger partial charge >= 0.3 is 0 Å². The Bertz CT molecular complexity index is 1040. The van der Waals surface area contributed by atoms with Crippen LogP contribution in [0.4, 0.5) is 0 Å². The van der Waals surface area contributed by atoms with Gasteiger partial charge in [-0.25, -0.2) is 4.68 Å². The van der Waals surface area contributed by atoms with Gasteiger partial charge in [-0.05, 0) is 58.0 Å². The van der Waals surface area contributed by atoms with Crippen LogP contribution in [0, 0.1) is 3.70 Å². The fraction of sp³-hybridized carbons (Fsp3) is 0.417. The lowest BCUT2D eigenvalue weighted by atomic mass is 9.78. The lowest BCUT2D eigenvalue weighted by Crippen LogP contribution is -2.25. The van der Waals surface area contributed by atoms with Crippen LogP contribution in [0.2, 0.25) is 0 Å². The van der Waals surface area contributed by atoms with Crippen LogP contribution in [-0.2, 0) is 18.6 Å². The van der Waals surface area contributed by atoms with Crippen molar-refractivity contribution in [1.82, 2.24) is 15.0 Å². The van der Waals surface area contributed by atoms with Crippen molar-refractivity contribution in [2.24, 2.45) is 0 Å². The highest BCUT2D eigenvalue weighted by Crippen LogP contribution is 2.33. The molecule has 0 aliphatic heterocycles. The van der Waals surface area contributed by atoms with Crippen LogP contribution in [0.15, 0.2) is 48.5 Å². The Balaban J connectivity index is 1.56. The van der Waals surface area contributed by atoms with Crippen LogP contribution >= 0.6 is 34.2 Å². The summed E-state index contributed by atoms with van der Waals surface area (Å²) in [5, 5.41) is 36.8. The number of aromatic nitrogens is 3. The third kappa shape index (κ3) is 6.82. The number of benzene rings is 2. The van der Waals surface area contributed by atoms with E-state index in [0.29, 0.717) is 20.9 Å². The second-order valence-electron chi connectivity index (χ2n) is 8.42. The average Bonchev–Trinajstić information content (AvgIpc) is 3.20. The van der Waals surface area contributed by atoms with Crippen molar-refractivity contribution < 1.29 is 24.8 Å².